The highest BCUT2D eigenvalue weighted by Gasteiger charge is 2.14. The van der Waals surface area contributed by atoms with E-state index in [1.54, 1.807) is 0 Å². The van der Waals surface area contributed by atoms with Crippen LogP contribution in [0.1, 0.15) is 26.3 Å². The highest BCUT2D eigenvalue weighted by molar-refractivity contribution is 9.10. The maximum atomic E-state index is 7.61. The molecule has 0 unspecified atom stereocenters. The van der Waals surface area contributed by atoms with E-state index in [1.807, 2.05) is 18.2 Å². The fraction of sp³-hybridized carbons (Fsp3) is 0.417. The Morgan fingerprint density at radius 1 is 1.50 bits per heavy atom. The van der Waals surface area contributed by atoms with E-state index >= 15 is 0 Å². The summed E-state index contributed by atoms with van der Waals surface area (Å²) in [5.74, 6) is 0.107. The van der Waals surface area contributed by atoms with Crippen molar-refractivity contribution >= 4 is 27.5 Å². The van der Waals surface area contributed by atoms with Crippen LogP contribution < -0.4 is 10.6 Å². The molecule has 16 heavy (non-hydrogen) atoms. The lowest BCUT2D eigenvalue weighted by molar-refractivity contribution is 0.703. The summed E-state index contributed by atoms with van der Waals surface area (Å²) in [6.45, 7) is 7.27. The molecule has 1 rings (SSSR count). The molecule has 0 aliphatic heterocycles. The van der Waals surface area contributed by atoms with E-state index in [-0.39, 0.29) is 5.84 Å². The molecule has 0 heterocycles. The number of halogens is 1. The number of nitrogens with one attached hydrogen (secondary N) is 1. The molecule has 0 atom stereocenters. The van der Waals surface area contributed by atoms with Gasteiger partial charge < -0.3 is 10.6 Å². The highest BCUT2D eigenvalue weighted by Crippen LogP contribution is 2.25. The second kappa shape index (κ2) is 5.34. The Bertz CT molecular complexity index is 388. The molecule has 0 aliphatic rings. The van der Waals surface area contributed by atoms with Gasteiger partial charge in [-0.25, -0.2) is 0 Å². The Labute approximate surface area is 105 Å². The zero-order valence-electron chi connectivity index (χ0n) is 9.92. The van der Waals surface area contributed by atoms with Crippen LogP contribution in [-0.4, -0.2) is 18.4 Å². The first-order valence-corrected chi connectivity index (χ1v) is 6.17. The lowest BCUT2D eigenvalue weighted by Crippen LogP contribution is -2.32. The molecule has 0 bridgehead atoms. The van der Waals surface area contributed by atoms with Crippen LogP contribution in [-0.2, 0) is 0 Å². The van der Waals surface area contributed by atoms with E-state index in [1.165, 1.54) is 0 Å². The number of benzene rings is 1. The van der Waals surface area contributed by atoms with Gasteiger partial charge in [0.05, 0.1) is 0 Å². The molecule has 1 aromatic rings. The van der Waals surface area contributed by atoms with Crippen molar-refractivity contribution in [3.8, 4) is 0 Å². The summed E-state index contributed by atoms with van der Waals surface area (Å²) in [7, 11) is 0. The van der Waals surface area contributed by atoms with Crippen molar-refractivity contribution in [2.75, 3.05) is 11.4 Å². The standard InChI is InChI=1S/C12H18BrN3/c1-4-16(8(2)3)11-6-5-9(13)7-10(11)12(14)15/h5-8H,4H2,1-3H3,(H3,14,15). The minimum Gasteiger partial charge on any atom is -0.384 e. The zero-order chi connectivity index (χ0) is 12.3. The van der Waals surface area contributed by atoms with E-state index in [4.69, 9.17) is 11.1 Å². The first-order valence-electron chi connectivity index (χ1n) is 5.38. The number of nitrogens with two attached hydrogens (primary N) is 1. The van der Waals surface area contributed by atoms with Crippen molar-refractivity contribution in [1.82, 2.24) is 0 Å². The van der Waals surface area contributed by atoms with E-state index in [0.717, 1.165) is 22.3 Å². The lowest BCUT2D eigenvalue weighted by Gasteiger charge is -2.29. The van der Waals surface area contributed by atoms with Crippen LogP contribution in [0.2, 0.25) is 0 Å². The second-order valence-electron chi connectivity index (χ2n) is 3.95. The van der Waals surface area contributed by atoms with Gasteiger partial charge in [-0.05, 0) is 39.0 Å². The van der Waals surface area contributed by atoms with E-state index in [2.05, 4.69) is 41.6 Å². The van der Waals surface area contributed by atoms with Gasteiger partial charge in [0, 0.05) is 28.3 Å². The van der Waals surface area contributed by atoms with Gasteiger partial charge in [0.1, 0.15) is 5.84 Å². The van der Waals surface area contributed by atoms with E-state index < -0.39 is 0 Å². The molecule has 1 aromatic carbocycles. The molecular formula is C12H18BrN3. The summed E-state index contributed by atoms with van der Waals surface area (Å²) >= 11 is 3.40. The fourth-order valence-electron chi connectivity index (χ4n) is 1.79. The van der Waals surface area contributed by atoms with Crippen LogP contribution in [0.15, 0.2) is 22.7 Å². The summed E-state index contributed by atoms with van der Waals surface area (Å²) in [4.78, 5) is 2.23. The lowest BCUT2D eigenvalue weighted by atomic mass is 10.1. The van der Waals surface area contributed by atoms with Crippen molar-refractivity contribution in [3.63, 3.8) is 0 Å². The van der Waals surface area contributed by atoms with Gasteiger partial charge in [-0.15, -0.1) is 0 Å². The predicted octanol–water partition coefficient (Wildman–Crippen LogP) is 2.97. The maximum Gasteiger partial charge on any atom is 0.124 e. The van der Waals surface area contributed by atoms with Crippen LogP contribution >= 0.6 is 15.9 Å². The molecule has 4 heteroatoms. The van der Waals surface area contributed by atoms with Crippen molar-refractivity contribution in [2.24, 2.45) is 5.73 Å². The summed E-state index contributed by atoms with van der Waals surface area (Å²) < 4.78 is 0.946. The minimum atomic E-state index is 0.107. The highest BCUT2D eigenvalue weighted by atomic mass is 79.9. The largest absolute Gasteiger partial charge is 0.384 e. The summed E-state index contributed by atoms with van der Waals surface area (Å²) in [6, 6.07) is 6.27. The molecule has 3 N–H and O–H groups in total. The predicted molar refractivity (Wildman–Crippen MR) is 73.3 cm³/mol. The first-order chi connectivity index (χ1) is 7.47. The SMILES string of the molecule is CCN(c1ccc(Br)cc1C(=N)N)C(C)C. The normalized spacial score (nSPS) is 10.6. The molecule has 0 aromatic heterocycles. The number of nitrogen functional groups attached to an aromatic ring is 1. The van der Waals surface area contributed by atoms with Gasteiger partial charge in [-0.2, -0.15) is 0 Å². The average molecular weight is 284 g/mol. The van der Waals surface area contributed by atoms with Gasteiger partial charge in [-0.1, -0.05) is 15.9 Å². The number of anilines is 1. The average Bonchev–Trinajstić information content (AvgIpc) is 2.20. The summed E-state index contributed by atoms with van der Waals surface area (Å²) in [5.41, 5.74) is 7.42. The van der Waals surface area contributed by atoms with Gasteiger partial charge in [0.25, 0.3) is 0 Å². The molecule has 0 fully saturated rings. The Morgan fingerprint density at radius 2 is 2.12 bits per heavy atom. The number of nitrogens with zero attached hydrogens (tertiary/aromatic N) is 1. The molecule has 0 radical (unpaired) electrons. The van der Waals surface area contributed by atoms with Gasteiger partial charge in [-0.3, -0.25) is 5.41 Å². The van der Waals surface area contributed by atoms with E-state index in [9.17, 15) is 0 Å². The van der Waals surface area contributed by atoms with Crippen LogP contribution in [0.3, 0.4) is 0 Å². The minimum absolute atomic E-state index is 0.107. The van der Waals surface area contributed by atoms with Crippen molar-refractivity contribution in [2.45, 2.75) is 26.8 Å². The molecule has 0 amide bonds. The Morgan fingerprint density at radius 3 is 2.56 bits per heavy atom. The second-order valence-corrected chi connectivity index (χ2v) is 4.87. The number of hydrogen-bond donors (Lipinski definition) is 2. The molecule has 0 aliphatic carbocycles. The third-order valence-corrected chi connectivity index (χ3v) is 3.02. The molecule has 88 valence electrons. The fourth-order valence-corrected chi connectivity index (χ4v) is 2.15. The Balaban J connectivity index is 3.26. The molecule has 0 spiro atoms. The number of hydrogen-bond acceptors (Lipinski definition) is 2. The molecular weight excluding hydrogens is 266 g/mol. The summed E-state index contributed by atoms with van der Waals surface area (Å²) in [5, 5.41) is 7.61. The van der Waals surface area contributed by atoms with Crippen LogP contribution in [0.25, 0.3) is 0 Å². The van der Waals surface area contributed by atoms with Crippen molar-refractivity contribution in [3.05, 3.63) is 28.2 Å². The van der Waals surface area contributed by atoms with Gasteiger partial charge in [0.2, 0.25) is 0 Å². The Hall–Kier alpha value is -1.03. The monoisotopic (exact) mass is 283 g/mol. The third kappa shape index (κ3) is 2.76. The molecule has 0 saturated carbocycles. The molecule has 0 saturated heterocycles. The first kappa shape index (κ1) is 13.0. The Kier molecular flexibility index (Phi) is 4.35. The smallest absolute Gasteiger partial charge is 0.124 e. The van der Waals surface area contributed by atoms with Crippen LogP contribution in [0.5, 0.6) is 0 Å². The molecule has 3 nitrogen and oxygen atoms in total. The number of amidine groups is 1. The third-order valence-electron chi connectivity index (χ3n) is 2.52. The van der Waals surface area contributed by atoms with Crippen molar-refractivity contribution in [1.29, 1.82) is 5.41 Å². The van der Waals surface area contributed by atoms with Crippen molar-refractivity contribution < 1.29 is 0 Å². The number of rotatable bonds is 4. The quantitative estimate of drug-likeness (QED) is 0.659. The van der Waals surface area contributed by atoms with Crippen LogP contribution in [0, 0.1) is 5.41 Å². The topological polar surface area (TPSA) is 53.1 Å². The van der Waals surface area contributed by atoms with Gasteiger partial charge in [0.15, 0.2) is 0 Å². The van der Waals surface area contributed by atoms with Gasteiger partial charge >= 0.3 is 0 Å². The zero-order valence-corrected chi connectivity index (χ0v) is 11.5. The maximum absolute atomic E-state index is 7.61. The van der Waals surface area contributed by atoms with Crippen LogP contribution in [0.4, 0.5) is 5.69 Å². The van der Waals surface area contributed by atoms with E-state index in [0.29, 0.717) is 6.04 Å². The summed E-state index contributed by atoms with van der Waals surface area (Å²) in [6.07, 6.45) is 0.